The van der Waals surface area contributed by atoms with Crippen molar-refractivity contribution < 1.29 is 4.79 Å². The smallest absolute Gasteiger partial charge is 0.226 e. The first-order valence-electron chi connectivity index (χ1n) is 10.1. The van der Waals surface area contributed by atoms with Gasteiger partial charge in [-0.1, -0.05) is 31.0 Å². The number of amides is 1. The van der Waals surface area contributed by atoms with Gasteiger partial charge in [0.15, 0.2) is 0 Å². The lowest BCUT2D eigenvalue weighted by Crippen LogP contribution is -2.52. The molecule has 1 saturated carbocycles. The fourth-order valence-corrected chi connectivity index (χ4v) is 5.93. The van der Waals surface area contributed by atoms with E-state index >= 15 is 0 Å². The Bertz CT molecular complexity index is 569. The Kier molecular flexibility index (Phi) is 5.66. The summed E-state index contributed by atoms with van der Waals surface area (Å²) in [6.07, 6.45) is 9.89. The van der Waals surface area contributed by atoms with Crippen molar-refractivity contribution in [2.24, 2.45) is 11.8 Å². The molecule has 0 bridgehead atoms. The van der Waals surface area contributed by atoms with E-state index in [4.69, 9.17) is 0 Å². The highest BCUT2D eigenvalue weighted by molar-refractivity contribution is 7.97. The molecule has 0 N–H and O–H groups in total. The minimum absolute atomic E-state index is 0.258. The lowest BCUT2D eigenvalue weighted by Gasteiger charge is -2.46. The van der Waals surface area contributed by atoms with Crippen molar-refractivity contribution in [3.05, 3.63) is 30.3 Å². The van der Waals surface area contributed by atoms with Crippen molar-refractivity contribution in [3.8, 4) is 0 Å². The Morgan fingerprint density at radius 1 is 0.880 bits per heavy atom. The Balaban J connectivity index is 1.31. The summed E-state index contributed by atoms with van der Waals surface area (Å²) in [7, 11) is 0. The zero-order chi connectivity index (χ0) is 17.1. The predicted octanol–water partition coefficient (Wildman–Crippen LogP) is 4.59. The highest BCUT2D eigenvalue weighted by atomic mass is 32.2. The van der Waals surface area contributed by atoms with Gasteiger partial charge in [0.05, 0.1) is 0 Å². The van der Waals surface area contributed by atoms with Crippen LogP contribution >= 0.6 is 11.9 Å². The zero-order valence-electron chi connectivity index (χ0n) is 15.1. The highest BCUT2D eigenvalue weighted by Gasteiger charge is 2.38. The second-order valence-corrected chi connectivity index (χ2v) is 9.06. The number of rotatable bonds is 3. The number of benzene rings is 1. The van der Waals surface area contributed by atoms with E-state index in [2.05, 4.69) is 39.5 Å². The van der Waals surface area contributed by atoms with Crippen molar-refractivity contribution in [2.75, 3.05) is 19.6 Å². The average molecular weight is 359 g/mol. The van der Waals surface area contributed by atoms with E-state index in [1.54, 1.807) is 0 Å². The van der Waals surface area contributed by atoms with Gasteiger partial charge in [0.1, 0.15) is 0 Å². The lowest BCUT2D eigenvalue weighted by atomic mass is 9.77. The molecule has 0 spiro atoms. The van der Waals surface area contributed by atoms with E-state index in [0.29, 0.717) is 11.9 Å². The third-order valence-corrected chi connectivity index (χ3v) is 7.41. The second kappa shape index (κ2) is 8.13. The molecule has 3 aliphatic rings. The number of carbonyl (C=O) groups is 1. The van der Waals surface area contributed by atoms with E-state index in [9.17, 15) is 4.79 Å². The maximum atomic E-state index is 13.2. The van der Waals surface area contributed by atoms with Gasteiger partial charge in [-0.3, -0.25) is 4.79 Å². The van der Waals surface area contributed by atoms with E-state index in [-0.39, 0.29) is 5.92 Å². The fourth-order valence-electron chi connectivity index (χ4n) is 4.96. The normalized spacial score (nSPS) is 28.6. The SMILES string of the molecule is O=C(C1CCN(Sc2ccccc2)CC1)N1CCCC2CCCCC21. The molecule has 0 aromatic heterocycles. The first-order valence-corrected chi connectivity index (χ1v) is 10.9. The number of likely N-dealkylation sites (tertiary alicyclic amines) is 1. The lowest BCUT2D eigenvalue weighted by molar-refractivity contribution is -0.143. The summed E-state index contributed by atoms with van der Waals surface area (Å²) in [6.45, 7) is 3.06. The third kappa shape index (κ3) is 4.06. The Morgan fingerprint density at radius 2 is 1.60 bits per heavy atom. The molecule has 3 nitrogen and oxygen atoms in total. The first kappa shape index (κ1) is 17.4. The average Bonchev–Trinajstić information content (AvgIpc) is 2.68. The van der Waals surface area contributed by atoms with Gasteiger partial charge in [0.2, 0.25) is 5.91 Å². The van der Waals surface area contributed by atoms with Crippen LogP contribution in [0.4, 0.5) is 0 Å². The molecule has 1 aromatic carbocycles. The Hall–Kier alpha value is -1.00. The highest BCUT2D eigenvalue weighted by Crippen LogP contribution is 2.37. The first-order chi connectivity index (χ1) is 12.3. The molecule has 2 saturated heterocycles. The summed E-state index contributed by atoms with van der Waals surface area (Å²) in [6, 6.07) is 11.1. The molecule has 1 aromatic rings. The second-order valence-electron chi connectivity index (χ2n) is 7.89. The summed E-state index contributed by atoms with van der Waals surface area (Å²) in [5.41, 5.74) is 0. The molecule has 3 fully saturated rings. The van der Waals surface area contributed by atoms with Crippen LogP contribution in [-0.4, -0.2) is 40.8 Å². The largest absolute Gasteiger partial charge is 0.339 e. The van der Waals surface area contributed by atoms with Crippen LogP contribution in [0.25, 0.3) is 0 Å². The summed E-state index contributed by atoms with van der Waals surface area (Å²) in [5, 5.41) is 0. The van der Waals surface area contributed by atoms with Gasteiger partial charge in [-0.15, -0.1) is 0 Å². The van der Waals surface area contributed by atoms with Crippen molar-refractivity contribution in [1.29, 1.82) is 0 Å². The molecule has 4 rings (SSSR count). The third-order valence-electron chi connectivity index (χ3n) is 6.31. The molecule has 1 amide bonds. The van der Waals surface area contributed by atoms with E-state index in [0.717, 1.165) is 38.4 Å². The van der Waals surface area contributed by atoms with Gasteiger partial charge in [-0.25, -0.2) is 4.31 Å². The summed E-state index contributed by atoms with van der Waals surface area (Å²) in [5.74, 6) is 1.52. The van der Waals surface area contributed by atoms with Gasteiger partial charge < -0.3 is 4.90 Å². The molecule has 0 radical (unpaired) electrons. The van der Waals surface area contributed by atoms with Crippen LogP contribution in [0.1, 0.15) is 51.4 Å². The predicted molar refractivity (Wildman–Crippen MR) is 103 cm³/mol. The van der Waals surface area contributed by atoms with Crippen molar-refractivity contribution in [2.45, 2.75) is 62.3 Å². The van der Waals surface area contributed by atoms with Gasteiger partial charge >= 0.3 is 0 Å². The van der Waals surface area contributed by atoms with E-state index < -0.39 is 0 Å². The monoisotopic (exact) mass is 358 g/mol. The number of piperidine rings is 2. The van der Waals surface area contributed by atoms with Crippen molar-refractivity contribution in [3.63, 3.8) is 0 Å². The van der Waals surface area contributed by atoms with Crippen LogP contribution < -0.4 is 0 Å². The minimum Gasteiger partial charge on any atom is -0.339 e. The molecule has 2 heterocycles. The Labute approximate surface area is 156 Å². The molecule has 25 heavy (non-hydrogen) atoms. The maximum absolute atomic E-state index is 13.2. The van der Waals surface area contributed by atoms with Crippen molar-refractivity contribution in [1.82, 2.24) is 9.21 Å². The van der Waals surface area contributed by atoms with Crippen LogP contribution in [0.15, 0.2) is 35.2 Å². The fraction of sp³-hybridized carbons (Fsp3) is 0.667. The molecule has 2 unspecified atom stereocenters. The van der Waals surface area contributed by atoms with E-state index in [1.807, 2.05) is 11.9 Å². The number of nitrogens with zero attached hydrogens (tertiary/aromatic N) is 2. The maximum Gasteiger partial charge on any atom is 0.226 e. The van der Waals surface area contributed by atoms with Crippen LogP contribution in [-0.2, 0) is 4.79 Å². The minimum atomic E-state index is 0.258. The summed E-state index contributed by atoms with van der Waals surface area (Å²) < 4.78 is 2.43. The molecule has 2 aliphatic heterocycles. The van der Waals surface area contributed by atoms with Crippen molar-refractivity contribution >= 4 is 17.9 Å². The van der Waals surface area contributed by atoms with Crippen LogP contribution in [0.2, 0.25) is 0 Å². The Morgan fingerprint density at radius 3 is 2.40 bits per heavy atom. The van der Waals surface area contributed by atoms with Crippen LogP contribution in [0.3, 0.4) is 0 Å². The van der Waals surface area contributed by atoms with E-state index in [1.165, 1.54) is 43.4 Å². The summed E-state index contributed by atoms with van der Waals surface area (Å²) in [4.78, 5) is 16.8. The van der Waals surface area contributed by atoms with Gasteiger partial charge in [-0.05, 0) is 68.5 Å². The summed E-state index contributed by atoms with van der Waals surface area (Å²) >= 11 is 1.84. The molecule has 2 atom stereocenters. The standard InChI is InChI=1S/C21H30N2OS/c24-21(23-14-6-8-17-7-4-5-11-20(17)23)18-12-15-22(16-13-18)25-19-9-2-1-3-10-19/h1-3,9-10,17-18,20H,4-8,11-16H2. The topological polar surface area (TPSA) is 23.6 Å². The number of hydrogen-bond acceptors (Lipinski definition) is 3. The van der Waals surface area contributed by atoms with Gasteiger partial charge in [-0.2, -0.15) is 0 Å². The quantitative estimate of drug-likeness (QED) is 0.739. The van der Waals surface area contributed by atoms with Crippen LogP contribution in [0, 0.1) is 11.8 Å². The number of fused-ring (bicyclic) bond motifs is 1. The molecule has 1 aliphatic carbocycles. The van der Waals surface area contributed by atoms with Gasteiger partial charge in [0, 0.05) is 36.5 Å². The number of hydrogen-bond donors (Lipinski definition) is 0. The molecular formula is C21H30N2OS. The molecule has 136 valence electrons. The zero-order valence-corrected chi connectivity index (χ0v) is 15.9. The molecular weight excluding hydrogens is 328 g/mol. The van der Waals surface area contributed by atoms with Crippen LogP contribution in [0.5, 0.6) is 0 Å². The number of carbonyl (C=O) groups excluding carboxylic acids is 1. The van der Waals surface area contributed by atoms with Gasteiger partial charge in [0.25, 0.3) is 0 Å². The molecule has 4 heteroatoms.